The Morgan fingerprint density at radius 2 is 2.12 bits per heavy atom. The van der Waals surface area contributed by atoms with Crippen LogP contribution in [0.5, 0.6) is 0 Å². The lowest BCUT2D eigenvalue weighted by molar-refractivity contribution is 1.09. The zero-order valence-electron chi connectivity index (χ0n) is 8.53. The highest BCUT2D eigenvalue weighted by Crippen LogP contribution is 2.28. The van der Waals surface area contributed by atoms with Crippen molar-refractivity contribution >= 4 is 45.9 Å². The quantitative estimate of drug-likeness (QED) is 0.698. The maximum absolute atomic E-state index is 5.89. The van der Waals surface area contributed by atoms with Crippen molar-refractivity contribution in [1.82, 2.24) is 24.5 Å². The van der Waals surface area contributed by atoms with E-state index < -0.39 is 0 Å². The van der Waals surface area contributed by atoms with E-state index in [1.807, 2.05) is 6.92 Å². The number of hydrogen-bond acceptors (Lipinski definition) is 5. The Bertz CT molecular complexity index is 666. The zero-order chi connectivity index (χ0) is 12.0. The fraction of sp³-hybridized carbons (Fsp3) is 0.111. The van der Waals surface area contributed by atoms with Gasteiger partial charge in [0.15, 0.2) is 11.5 Å². The lowest BCUT2D eigenvalue weighted by Gasteiger charge is -1.92. The monoisotopic (exact) mass is 285 g/mol. The van der Waals surface area contributed by atoms with Gasteiger partial charge in [0.2, 0.25) is 0 Å². The van der Waals surface area contributed by atoms with E-state index in [-0.39, 0.29) is 5.15 Å². The Morgan fingerprint density at radius 1 is 1.29 bits per heavy atom. The summed E-state index contributed by atoms with van der Waals surface area (Å²) in [6.45, 7) is 1.87. The molecule has 0 atom stereocenters. The number of hydrogen-bond donors (Lipinski definition) is 1. The Labute approximate surface area is 110 Å². The number of halogens is 2. The second-order valence-electron chi connectivity index (χ2n) is 3.41. The molecular weight excluding hydrogens is 281 g/mol. The second-order valence-corrected chi connectivity index (χ2v) is 4.92. The van der Waals surface area contributed by atoms with E-state index in [2.05, 4.69) is 24.5 Å². The predicted octanol–water partition coefficient (Wildman–Crippen LogP) is 3.09. The van der Waals surface area contributed by atoms with Gasteiger partial charge in [0.05, 0.1) is 16.2 Å². The highest BCUT2D eigenvalue weighted by Gasteiger charge is 2.13. The Morgan fingerprint density at radius 3 is 2.82 bits per heavy atom. The minimum atomic E-state index is 0.247. The molecule has 0 aliphatic rings. The molecule has 0 saturated heterocycles. The van der Waals surface area contributed by atoms with E-state index in [1.54, 1.807) is 6.07 Å². The largest absolute Gasteiger partial charge is 0.336 e. The summed E-state index contributed by atoms with van der Waals surface area (Å²) in [4.78, 5) is 12.4. The summed E-state index contributed by atoms with van der Waals surface area (Å²) in [6.07, 6.45) is 0. The molecule has 86 valence electrons. The third-order valence-electron chi connectivity index (χ3n) is 2.25. The zero-order valence-corrected chi connectivity index (χ0v) is 10.9. The van der Waals surface area contributed by atoms with E-state index in [4.69, 9.17) is 23.2 Å². The third kappa shape index (κ3) is 1.78. The molecule has 3 aromatic heterocycles. The van der Waals surface area contributed by atoms with Crippen molar-refractivity contribution in [2.45, 2.75) is 6.92 Å². The molecule has 0 aliphatic heterocycles. The van der Waals surface area contributed by atoms with Gasteiger partial charge in [-0.3, -0.25) is 0 Å². The highest BCUT2D eigenvalue weighted by molar-refractivity contribution is 7.09. The van der Waals surface area contributed by atoms with Gasteiger partial charge in [0, 0.05) is 0 Å². The fourth-order valence-electron chi connectivity index (χ4n) is 1.45. The smallest absolute Gasteiger partial charge is 0.179 e. The lowest BCUT2D eigenvalue weighted by Crippen LogP contribution is -1.80. The number of pyridine rings is 1. The van der Waals surface area contributed by atoms with Gasteiger partial charge in [-0.05, 0) is 24.5 Å². The molecule has 3 heterocycles. The van der Waals surface area contributed by atoms with Crippen LogP contribution in [-0.4, -0.2) is 24.5 Å². The number of H-pyrrole nitrogens is 1. The number of nitrogens with one attached hydrogen (secondary N) is 1. The van der Waals surface area contributed by atoms with Crippen molar-refractivity contribution in [3.05, 3.63) is 21.9 Å². The van der Waals surface area contributed by atoms with Crippen LogP contribution in [0.2, 0.25) is 10.2 Å². The van der Waals surface area contributed by atoms with Crippen molar-refractivity contribution in [3.8, 4) is 10.7 Å². The number of nitrogens with zero attached hydrogens (tertiary/aromatic N) is 4. The summed E-state index contributed by atoms with van der Waals surface area (Å²) >= 11 is 13.0. The summed E-state index contributed by atoms with van der Waals surface area (Å²) in [5, 5.41) is 4.58. The molecule has 0 saturated carbocycles. The maximum Gasteiger partial charge on any atom is 0.179 e. The molecule has 0 bridgehead atoms. The standard InChI is InChI=1S/C9H5Cl2N5S/c1-3-6(17-16-15-3)9-12-5-2-4(10)7(11)13-8(5)14-9/h2H,1H3,(H,12,13,14). The summed E-state index contributed by atoms with van der Waals surface area (Å²) in [6, 6.07) is 1.70. The number of aromatic nitrogens is 5. The van der Waals surface area contributed by atoms with Crippen molar-refractivity contribution in [2.75, 3.05) is 0 Å². The van der Waals surface area contributed by atoms with Gasteiger partial charge < -0.3 is 4.98 Å². The van der Waals surface area contributed by atoms with Crippen LogP contribution in [0.15, 0.2) is 6.07 Å². The predicted molar refractivity (Wildman–Crippen MR) is 67.5 cm³/mol. The summed E-state index contributed by atoms with van der Waals surface area (Å²) in [7, 11) is 0. The Balaban J connectivity index is 2.24. The molecule has 17 heavy (non-hydrogen) atoms. The van der Waals surface area contributed by atoms with Crippen molar-refractivity contribution in [3.63, 3.8) is 0 Å². The molecule has 0 radical (unpaired) electrons. The molecule has 0 aromatic carbocycles. The van der Waals surface area contributed by atoms with Gasteiger partial charge in [-0.25, -0.2) is 9.97 Å². The number of aryl methyl sites for hydroxylation is 1. The van der Waals surface area contributed by atoms with E-state index in [0.717, 1.165) is 16.1 Å². The Hall–Kier alpha value is -1.24. The van der Waals surface area contributed by atoms with E-state index >= 15 is 0 Å². The van der Waals surface area contributed by atoms with Crippen molar-refractivity contribution < 1.29 is 0 Å². The van der Waals surface area contributed by atoms with E-state index in [1.165, 1.54) is 11.5 Å². The van der Waals surface area contributed by atoms with Crippen LogP contribution < -0.4 is 0 Å². The first kappa shape index (κ1) is 10.9. The van der Waals surface area contributed by atoms with Gasteiger partial charge in [-0.2, -0.15) is 0 Å². The van der Waals surface area contributed by atoms with Crippen molar-refractivity contribution in [2.24, 2.45) is 0 Å². The third-order valence-corrected chi connectivity index (χ3v) is 3.76. The van der Waals surface area contributed by atoms with E-state index in [9.17, 15) is 0 Å². The van der Waals surface area contributed by atoms with Crippen LogP contribution in [0.4, 0.5) is 0 Å². The average molecular weight is 286 g/mol. The summed E-state index contributed by atoms with van der Waals surface area (Å²) in [5.41, 5.74) is 2.09. The van der Waals surface area contributed by atoms with Crippen LogP contribution in [0, 0.1) is 6.92 Å². The first-order valence-electron chi connectivity index (χ1n) is 4.66. The summed E-state index contributed by atoms with van der Waals surface area (Å²) < 4.78 is 3.86. The van der Waals surface area contributed by atoms with Gasteiger partial charge in [-0.1, -0.05) is 27.7 Å². The SMILES string of the molecule is Cc1nnsc1-c1nc2nc(Cl)c(Cl)cc2[nH]1. The minimum Gasteiger partial charge on any atom is -0.336 e. The number of rotatable bonds is 1. The number of imidazole rings is 1. The molecule has 8 heteroatoms. The molecule has 3 rings (SSSR count). The van der Waals surface area contributed by atoms with Crippen LogP contribution in [0.25, 0.3) is 21.9 Å². The topological polar surface area (TPSA) is 67.3 Å². The Kier molecular flexibility index (Phi) is 2.50. The molecule has 0 unspecified atom stereocenters. The molecule has 0 spiro atoms. The van der Waals surface area contributed by atoms with Gasteiger partial charge in [-0.15, -0.1) is 5.10 Å². The van der Waals surface area contributed by atoms with Crippen LogP contribution >= 0.6 is 34.7 Å². The molecule has 5 nitrogen and oxygen atoms in total. The van der Waals surface area contributed by atoms with Gasteiger partial charge >= 0.3 is 0 Å². The summed E-state index contributed by atoms with van der Waals surface area (Å²) in [5.74, 6) is 0.679. The fourth-order valence-corrected chi connectivity index (χ4v) is 2.34. The van der Waals surface area contributed by atoms with Gasteiger partial charge in [0.1, 0.15) is 10.0 Å². The van der Waals surface area contributed by atoms with Crippen LogP contribution in [-0.2, 0) is 0 Å². The molecule has 0 fully saturated rings. The molecule has 1 N–H and O–H groups in total. The van der Waals surface area contributed by atoms with Crippen LogP contribution in [0.3, 0.4) is 0 Å². The molecule has 0 amide bonds. The minimum absolute atomic E-state index is 0.247. The number of fused-ring (bicyclic) bond motifs is 1. The van der Waals surface area contributed by atoms with Crippen molar-refractivity contribution in [1.29, 1.82) is 0 Å². The first-order valence-corrected chi connectivity index (χ1v) is 6.19. The first-order chi connectivity index (χ1) is 8.15. The maximum atomic E-state index is 5.89. The molecule has 0 aliphatic carbocycles. The van der Waals surface area contributed by atoms with Crippen LogP contribution in [0.1, 0.15) is 5.69 Å². The average Bonchev–Trinajstić information content (AvgIpc) is 2.85. The number of aromatic amines is 1. The normalized spacial score (nSPS) is 11.2. The second kappa shape index (κ2) is 3.90. The van der Waals surface area contributed by atoms with E-state index in [0.29, 0.717) is 16.5 Å². The molecular formula is C9H5Cl2N5S. The molecule has 3 aromatic rings. The lowest BCUT2D eigenvalue weighted by atomic mass is 10.4. The van der Waals surface area contributed by atoms with Gasteiger partial charge in [0.25, 0.3) is 0 Å². The highest BCUT2D eigenvalue weighted by atomic mass is 35.5.